The van der Waals surface area contributed by atoms with Crippen LogP contribution in [0.4, 0.5) is 4.79 Å². The summed E-state index contributed by atoms with van der Waals surface area (Å²) >= 11 is 0. The zero-order valence-corrected chi connectivity index (χ0v) is 14.7. The van der Waals surface area contributed by atoms with Crippen molar-refractivity contribution in [2.75, 3.05) is 20.2 Å². The third-order valence-corrected chi connectivity index (χ3v) is 3.93. The fourth-order valence-corrected chi connectivity index (χ4v) is 2.80. The molecular formula is C17H28N2O4. The van der Waals surface area contributed by atoms with Gasteiger partial charge < -0.3 is 24.1 Å². The van der Waals surface area contributed by atoms with Gasteiger partial charge in [0.2, 0.25) is 0 Å². The molecule has 1 saturated heterocycles. The second-order valence-electron chi connectivity index (χ2n) is 6.91. The number of hydrogen-bond acceptors (Lipinski definition) is 5. The minimum atomic E-state index is -0.495. The van der Waals surface area contributed by atoms with Crippen LogP contribution in [0.25, 0.3) is 0 Å². The molecule has 23 heavy (non-hydrogen) atoms. The predicted octanol–water partition coefficient (Wildman–Crippen LogP) is 2.95. The van der Waals surface area contributed by atoms with Crippen molar-refractivity contribution < 1.29 is 18.7 Å². The number of carbonyl (C=O) groups is 1. The summed E-state index contributed by atoms with van der Waals surface area (Å²) in [5.74, 6) is 0.901. The molecule has 1 amide bonds. The van der Waals surface area contributed by atoms with Gasteiger partial charge in [0.25, 0.3) is 0 Å². The van der Waals surface area contributed by atoms with Crippen LogP contribution in [0, 0.1) is 0 Å². The summed E-state index contributed by atoms with van der Waals surface area (Å²) in [6.45, 7) is 8.79. The van der Waals surface area contributed by atoms with Crippen molar-refractivity contribution in [2.24, 2.45) is 0 Å². The van der Waals surface area contributed by atoms with Crippen molar-refractivity contribution in [3.63, 3.8) is 0 Å². The van der Waals surface area contributed by atoms with Crippen LogP contribution >= 0.6 is 0 Å². The highest BCUT2D eigenvalue weighted by Gasteiger charge is 2.38. The molecule has 1 aliphatic heterocycles. The molecule has 1 N–H and O–H groups in total. The minimum absolute atomic E-state index is 0.0440. The van der Waals surface area contributed by atoms with Crippen molar-refractivity contribution in [1.82, 2.24) is 10.2 Å². The number of nitrogens with zero attached hydrogens (tertiary/aromatic N) is 1. The van der Waals surface area contributed by atoms with Gasteiger partial charge in [0, 0.05) is 13.7 Å². The molecule has 0 spiro atoms. The van der Waals surface area contributed by atoms with Gasteiger partial charge in [-0.1, -0.05) is 6.92 Å². The van der Waals surface area contributed by atoms with Gasteiger partial charge in [0.15, 0.2) is 0 Å². The highest BCUT2D eigenvalue weighted by atomic mass is 16.6. The monoisotopic (exact) mass is 324 g/mol. The third-order valence-electron chi connectivity index (χ3n) is 3.93. The molecule has 0 bridgehead atoms. The van der Waals surface area contributed by atoms with E-state index in [0.29, 0.717) is 13.1 Å². The first-order chi connectivity index (χ1) is 10.8. The summed E-state index contributed by atoms with van der Waals surface area (Å²) in [5.41, 5.74) is -0.495. The van der Waals surface area contributed by atoms with Gasteiger partial charge >= 0.3 is 6.09 Å². The second kappa shape index (κ2) is 7.36. The van der Waals surface area contributed by atoms with Crippen molar-refractivity contribution in [3.05, 3.63) is 24.2 Å². The maximum Gasteiger partial charge on any atom is 0.410 e. The van der Waals surface area contributed by atoms with Crippen LogP contribution in [0.3, 0.4) is 0 Å². The van der Waals surface area contributed by atoms with Crippen LogP contribution in [0.15, 0.2) is 22.8 Å². The van der Waals surface area contributed by atoms with Crippen LogP contribution in [0.2, 0.25) is 0 Å². The van der Waals surface area contributed by atoms with E-state index in [9.17, 15) is 4.79 Å². The smallest absolute Gasteiger partial charge is 0.410 e. The van der Waals surface area contributed by atoms with Crippen LogP contribution in [-0.4, -0.2) is 48.9 Å². The van der Waals surface area contributed by atoms with E-state index in [0.717, 1.165) is 12.2 Å². The number of likely N-dealkylation sites (tertiary alicyclic amines) is 1. The molecule has 130 valence electrons. The molecule has 2 unspecified atom stereocenters. The van der Waals surface area contributed by atoms with Crippen molar-refractivity contribution in [1.29, 1.82) is 0 Å². The summed E-state index contributed by atoms with van der Waals surface area (Å²) in [6.07, 6.45) is 2.21. The molecule has 1 aliphatic rings. The maximum absolute atomic E-state index is 12.3. The fourth-order valence-electron chi connectivity index (χ4n) is 2.80. The van der Waals surface area contributed by atoms with Crippen molar-refractivity contribution in [3.8, 4) is 0 Å². The number of ether oxygens (including phenoxy) is 2. The normalized spacial score (nSPS) is 23.1. The molecule has 0 saturated carbocycles. The Kier molecular flexibility index (Phi) is 5.70. The topological polar surface area (TPSA) is 63.9 Å². The lowest BCUT2D eigenvalue weighted by molar-refractivity contribution is 0.0252. The molecule has 3 atom stereocenters. The molecule has 2 rings (SSSR count). The second-order valence-corrected chi connectivity index (χ2v) is 6.91. The van der Waals surface area contributed by atoms with Crippen LogP contribution < -0.4 is 5.32 Å². The Morgan fingerprint density at radius 3 is 2.74 bits per heavy atom. The molecule has 1 fully saturated rings. The molecule has 2 heterocycles. The van der Waals surface area contributed by atoms with E-state index >= 15 is 0 Å². The molecular weight excluding hydrogens is 296 g/mol. The Hall–Kier alpha value is -1.53. The Morgan fingerprint density at radius 1 is 1.48 bits per heavy atom. The lowest BCUT2D eigenvalue weighted by Gasteiger charge is -2.25. The van der Waals surface area contributed by atoms with E-state index in [1.54, 1.807) is 18.3 Å². The first-order valence-corrected chi connectivity index (χ1v) is 8.14. The van der Waals surface area contributed by atoms with E-state index in [1.807, 2.05) is 32.9 Å². The van der Waals surface area contributed by atoms with E-state index in [-0.39, 0.29) is 24.3 Å². The molecule has 0 radical (unpaired) electrons. The van der Waals surface area contributed by atoms with Gasteiger partial charge in [-0.15, -0.1) is 0 Å². The van der Waals surface area contributed by atoms with Crippen molar-refractivity contribution >= 4 is 6.09 Å². The average molecular weight is 324 g/mol. The highest BCUT2D eigenvalue weighted by molar-refractivity contribution is 5.68. The summed E-state index contributed by atoms with van der Waals surface area (Å²) < 4.78 is 16.5. The molecule has 6 heteroatoms. The summed E-state index contributed by atoms with van der Waals surface area (Å²) in [6, 6.07) is 3.99. The first kappa shape index (κ1) is 17.8. The SMILES string of the molecule is CCC(NC1CN(C(=O)OC(C)(C)C)C[C@@H]1OC)c1ccco1. The van der Waals surface area contributed by atoms with Gasteiger partial charge in [0.05, 0.1) is 31.0 Å². The van der Waals surface area contributed by atoms with Gasteiger partial charge in [-0.05, 0) is 39.3 Å². The summed E-state index contributed by atoms with van der Waals surface area (Å²) in [7, 11) is 1.67. The van der Waals surface area contributed by atoms with Gasteiger partial charge in [-0.25, -0.2) is 4.79 Å². The van der Waals surface area contributed by atoms with Crippen molar-refractivity contribution in [2.45, 2.75) is 57.9 Å². The average Bonchev–Trinajstić information content (AvgIpc) is 3.12. The highest BCUT2D eigenvalue weighted by Crippen LogP contribution is 2.23. The third kappa shape index (κ3) is 4.72. The zero-order chi connectivity index (χ0) is 17.0. The van der Waals surface area contributed by atoms with Crippen LogP contribution in [0.1, 0.15) is 45.9 Å². The quantitative estimate of drug-likeness (QED) is 0.902. The fraction of sp³-hybridized carbons (Fsp3) is 0.706. The summed E-state index contributed by atoms with van der Waals surface area (Å²) in [5, 5.41) is 3.55. The summed E-state index contributed by atoms with van der Waals surface area (Å²) in [4.78, 5) is 14.0. The maximum atomic E-state index is 12.3. The Morgan fingerprint density at radius 2 is 2.22 bits per heavy atom. The van der Waals surface area contributed by atoms with E-state index in [1.165, 1.54) is 0 Å². The van der Waals surface area contributed by atoms with Gasteiger partial charge in [0.1, 0.15) is 11.4 Å². The molecule has 1 aromatic rings. The Labute approximate surface area is 138 Å². The zero-order valence-electron chi connectivity index (χ0n) is 14.7. The van der Waals surface area contributed by atoms with Crippen LogP contribution in [-0.2, 0) is 9.47 Å². The Bertz CT molecular complexity index is 495. The minimum Gasteiger partial charge on any atom is -0.468 e. The van der Waals surface area contributed by atoms with Gasteiger partial charge in [-0.3, -0.25) is 0 Å². The van der Waals surface area contributed by atoms with E-state index in [4.69, 9.17) is 13.9 Å². The molecule has 0 aliphatic carbocycles. The Balaban J connectivity index is 2.00. The molecule has 0 aromatic carbocycles. The lowest BCUT2D eigenvalue weighted by atomic mass is 10.1. The van der Waals surface area contributed by atoms with Gasteiger partial charge in [-0.2, -0.15) is 0 Å². The standard InChI is InChI=1S/C17H28N2O4/c1-6-12(14-8-7-9-22-14)18-13-10-19(11-15(13)21-5)16(20)23-17(2,3)4/h7-9,12-13,15,18H,6,10-11H2,1-5H3/t12?,13?,15-/m0/s1. The first-order valence-electron chi connectivity index (χ1n) is 8.14. The number of amides is 1. The number of methoxy groups -OCH3 is 1. The number of carbonyl (C=O) groups excluding carboxylic acids is 1. The number of nitrogens with one attached hydrogen (secondary N) is 1. The van der Waals surface area contributed by atoms with Crippen LogP contribution in [0.5, 0.6) is 0 Å². The van der Waals surface area contributed by atoms with E-state index < -0.39 is 5.60 Å². The number of hydrogen-bond donors (Lipinski definition) is 1. The lowest BCUT2D eigenvalue weighted by Crippen LogP contribution is -2.42. The van der Waals surface area contributed by atoms with E-state index in [2.05, 4.69) is 12.2 Å². The number of rotatable bonds is 5. The molecule has 1 aromatic heterocycles. The number of furan rings is 1. The largest absolute Gasteiger partial charge is 0.468 e. The predicted molar refractivity (Wildman–Crippen MR) is 87.3 cm³/mol. The molecule has 6 nitrogen and oxygen atoms in total.